The average molecular weight is 328 g/mol. The molecule has 6 heteroatoms. The summed E-state index contributed by atoms with van der Waals surface area (Å²) in [5, 5.41) is 2.85. The van der Waals surface area contributed by atoms with Crippen molar-refractivity contribution in [1.29, 1.82) is 0 Å². The van der Waals surface area contributed by atoms with Gasteiger partial charge in [0.2, 0.25) is 0 Å². The van der Waals surface area contributed by atoms with Crippen molar-refractivity contribution in [2.75, 3.05) is 30.4 Å². The lowest BCUT2D eigenvalue weighted by atomic mass is 10.2. The third-order valence-electron chi connectivity index (χ3n) is 3.56. The molecule has 0 saturated heterocycles. The summed E-state index contributed by atoms with van der Waals surface area (Å²) in [6, 6.07) is 9.05. The number of carbonyl (C=O) groups excluding carboxylic acids is 1. The van der Waals surface area contributed by atoms with Crippen molar-refractivity contribution in [3.8, 4) is 5.75 Å². The number of carbonyl (C=O) groups is 1. The fourth-order valence-electron chi connectivity index (χ4n) is 2.23. The SMILES string of the molecule is CCCCN(C)c1cc(C(=O)Nc2ccccc2OCC)ncn1. The van der Waals surface area contributed by atoms with Crippen LogP contribution >= 0.6 is 0 Å². The van der Waals surface area contributed by atoms with Gasteiger partial charge in [-0.2, -0.15) is 0 Å². The number of benzene rings is 1. The van der Waals surface area contributed by atoms with Crippen molar-refractivity contribution in [2.45, 2.75) is 26.7 Å². The molecule has 0 unspecified atom stereocenters. The highest BCUT2D eigenvalue weighted by Crippen LogP contribution is 2.24. The minimum absolute atomic E-state index is 0.283. The van der Waals surface area contributed by atoms with Gasteiger partial charge in [0.05, 0.1) is 12.3 Å². The van der Waals surface area contributed by atoms with Gasteiger partial charge in [0.25, 0.3) is 5.91 Å². The molecule has 6 nitrogen and oxygen atoms in total. The number of rotatable bonds is 8. The Balaban J connectivity index is 2.13. The third-order valence-corrected chi connectivity index (χ3v) is 3.56. The predicted octanol–water partition coefficient (Wildman–Crippen LogP) is 3.36. The van der Waals surface area contributed by atoms with E-state index in [0.717, 1.165) is 25.2 Å². The Kier molecular flexibility index (Phi) is 6.54. The summed E-state index contributed by atoms with van der Waals surface area (Å²) in [5.74, 6) is 1.10. The summed E-state index contributed by atoms with van der Waals surface area (Å²) in [6.07, 6.45) is 3.60. The first kappa shape index (κ1) is 17.7. The van der Waals surface area contributed by atoms with E-state index >= 15 is 0 Å². The zero-order valence-corrected chi connectivity index (χ0v) is 14.5. The number of nitrogens with zero attached hydrogens (tertiary/aromatic N) is 3. The molecule has 0 saturated carbocycles. The molecule has 0 spiro atoms. The number of unbranched alkanes of at least 4 members (excludes halogenated alkanes) is 1. The first-order valence-electron chi connectivity index (χ1n) is 8.22. The second-order valence-corrected chi connectivity index (χ2v) is 5.42. The molecule has 0 aliphatic heterocycles. The Labute approximate surface area is 142 Å². The lowest BCUT2D eigenvalue weighted by Gasteiger charge is -2.18. The van der Waals surface area contributed by atoms with E-state index in [9.17, 15) is 4.79 Å². The highest BCUT2D eigenvalue weighted by molar-refractivity contribution is 6.04. The molecule has 128 valence electrons. The van der Waals surface area contributed by atoms with Gasteiger partial charge in [0.1, 0.15) is 23.6 Å². The van der Waals surface area contributed by atoms with E-state index in [2.05, 4.69) is 22.2 Å². The predicted molar refractivity (Wildman–Crippen MR) is 95.8 cm³/mol. The van der Waals surface area contributed by atoms with Gasteiger partial charge in [-0.3, -0.25) is 4.79 Å². The molecular weight excluding hydrogens is 304 g/mol. The second-order valence-electron chi connectivity index (χ2n) is 5.42. The average Bonchev–Trinajstić information content (AvgIpc) is 2.61. The van der Waals surface area contributed by atoms with E-state index in [4.69, 9.17) is 4.74 Å². The van der Waals surface area contributed by atoms with Crippen LogP contribution in [0.3, 0.4) is 0 Å². The van der Waals surface area contributed by atoms with Crippen molar-refractivity contribution >= 4 is 17.4 Å². The minimum Gasteiger partial charge on any atom is -0.492 e. The maximum Gasteiger partial charge on any atom is 0.274 e. The first-order valence-corrected chi connectivity index (χ1v) is 8.22. The van der Waals surface area contributed by atoms with Crippen LogP contribution in [0.4, 0.5) is 11.5 Å². The summed E-state index contributed by atoms with van der Waals surface area (Å²) in [7, 11) is 1.96. The molecule has 0 aliphatic rings. The number of amides is 1. The van der Waals surface area contributed by atoms with Gasteiger partial charge >= 0.3 is 0 Å². The molecule has 2 aromatic rings. The molecule has 1 aromatic heterocycles. The van der Waals surface area contributed by atoms with Crippen LogP contribution in [-0.4, -0.2) is 36.1 Å². The van der Waals surface area contributed by atoms with E-state index in [1.54, 1.807) is 12.1 Å². The molecule has 0 fully saturated rings. The van der Waals surface area contributed by atoms with Gasteiger partial charge < -0.3 is 15.0 Å². The number of anilines is 2. The van der Waals surface area contributed by atoms with Crippen LogP contribution in [0.25, 0.3) is 0 Å². The van der Waals surface area contributed by atoms with Crippen molar-refractivity contribution in [2.24, 2.45) is 0 Å². The third kappa shape index (κ3) is 4.68. The Morgan fingerprint density at radius 2 is 2.04 bits per heavy atom. The molecule has 1 amide bonds. The standard InChI is InChI=1S/C18H24N4O2/c1-4-6-11-22(3)17-12-15(19-13-20-17)18(23)21-14-9-7-8-10-16(14)24-5-2/h7-10,12-13H,4-6,11H2,1-3H3,(H,21,23). The first-order chi connectivity index (χ1) is 11.7. The van der Waals surface area contributed by atoms with E-state index < -0.39 is 0 Å². The highest BCUT2D eigenvalue weighted by atomic mass is 16.5. The molecule has 2 rings (SSSR count). The van der Waals surface area contributed by atoms with Gasteiger partial charge in [0, 0.05) is 19.7 Å². The van der Waals surface area contributed by atoms with Gasteiger partial charge in [-0.25, -0.2) is 9.97 Å². The molecule has 1 heterocycles. The summed E-state index contributed by atoms with van der Waals surface area (Å²) in [4.78, 5) is 22.8. The quantitative estimate of drug-likeness (QED) is 0.805. The lowest BCUT2D eigenvalue weighted by molar-refractivity contribution is 0.102. The number of ether oxygens (including phenoxy) is 1. The van der Waals surface area contributed by atoms with Crippen molar-refractivity contribution in [1.82, 2.24) is 9.97 Å². The normalized spacial score (nSPS) is 10.3. The van der Waals surface area contributed by atoms with Gasteiger partial charge in [-0.05, 0) is 25.5 Å². The second kappa shape index (κ2) is 8.86. The van der Waals surface area contributed by atoms with Gasteiger partial charge in [-0.1, -0.05) is 25.5 Å². The van der Waals surface area contributed by atoms with E-state index in [1.165, 1.54) is 6.33 Å². The highest BCUT2D eigenvalue weighted by Gasteiger charge is 2.13. The van der Waals surface area contributed by atoms with Gasteiger partial charge in [-0.15, -0.1) is 0 Å². The smallest absolute Gasteiger partial charge is 0.274 e. The topological polar surface area (TPSA) is 67.4 Å². The molecule has 0 aliphatic carbocycles. The van der Waals surface area contributed by atoms with Crippen LogP contribution in [0.1, 0.15) is 37.2 Å². The Morgan fingerprint density at radius 1 is 1.25 bits per heavy atom. The number of hydrogen-bond donors (Lipinski definition) is 1. The zero-order valence-electron chi connectivity index (χ0n) is 14.5. The Hall–Kier alpha value is -2.63. The lowest BCUT2D eigenvalue weighted by Crippen LogP contribution is -2.21. The summed E-state index contributed by atoms with van der Waals surface area (Å²) in [6.45, 7) is 5.47. The molecule has 0 atom stereocenters. The molecule has 0 bridgehead atoms. The number of hydrogen-bond acceptors (Lipinski definition) is 5. The van der Waals surface area contributed by atoms with E-state index in [-0.39, 0.29) is 5.91 Å². The van der Waals surface area contributed by atoms with Crippen molar-refractivity contribution < 1.29 is 9.53 Å². The maximum atomic E-state index is 12.5. The molecule has 1 N–H and O–H groups in total. The van der Waals surface area contributed by atoms with E-state index in [1.807, 2.05) is 37.1 Å². The van der Waals surface area contributed by atoms with Crippen LogP contribution in [-0.2, 0) is 0 Å². The van der Waals surface area contributed by atoms with Crippen LogP contribution in [0.5, 0.6) is 5.75 Å². The van der Waals surface area contributed by atoms with Crippen molar-refractivity contribution in [3.63, 3.8) is 0 Å². The fraction of sp³-hybridized carbons (Fsp3) is 0.389. The largest absolute Gasteiger partial charge is 0.492 e. The Morgan fingerprint density at radius 3 is 2.79 bits per heavy atom. The fourth-order valence-corrected chi connectivity index (χ4v) is 2.23. The number of para-hydroxylation sites is 2. The summed E-state index contributed by atoms with van der Waals surface area (Å²) in [5.41, 5.74) is 0.957. The molecule has 1 aromatic carbocycles. The maximum absolute atomic E-state index is 12.5. The summed E-state index contributed by atoms with van der Waals surface area (Å²) >= 11 is 0. The van der Waals surface area contributed by atoms with Crippen LogP contribution in [0, 0.1) is 0 Å². The van der Waals surface area contributed by atoms with Gasteiger partial charge in [0.15, 0.2) is 0 Å². The number of nitrogens with one attached hydrogen (secondary N) is 1. The van der Waals surface area contributed by atoms with Crippen LogP contribution in [0.15, 0.2) is 36.7 Å². The molecule has 24 heavy (non-hydrogen) atoms. The summed E-state index contributed by atoms with van der Waals surface area (Å²) < 4.78 is 5.52. The Bertz CT molecular complexity index is 676. The molecular formula is C18H24N4O2. The number of aromatic nitrogens is 2. The molecule has 0 radical (unpaired) electrons. The van der Waals surface area contributed by atoms with Crippen LogP contribution in [0.2, 0.25) is 0 Å². The minimum atomic E-state index is -0.283. The monoisotopic (exact) mass is 328 g/mol. The van der Waals surface area contributed by atoms with Crippen molar-refractivity contribution in [3.05, 3.63) is 42.4 Å². The van der Waals surface area contributed by atoms with Crippen LogP contribution < -0.4 is 15.0 Å². The zero-order chi connectivity index (χ0) is 17.4. The van der Waals surface area contributed by atoms with E-state index in [0.29, 0.717) is 23.7 Å².